The van der Waals surface area contributed by atoms with E-state index in [1.807, 2.05) is 27.2 Å². The lowest BCUT2D eigenvalue weighted by atomic mass is 9.60. The molecule has 0 unspecified atom stereocenters. The number of halogens is 1. The van der Waals surface area contributed by atoms with E-state index in [1.54, 1.807) is 13.4 Å². The lowest BCUT2D eigenvalue weighted by Crippen LogP contribution is -2.48. The number of fused-ring (bicyclic) bond motifs is 2. The van der Waals surface area contributed by atoms with Crippen molar-refractivity contribution in [2.24, 2.45) is 11.3 Å². The number of phosphoric ester groups is 2. The normalized spacial score (nSPS) is 29.1. The third-order valence-electron chi connectivity index (χ3n) is 5.97. The molecule has 4 atom stereocenters. The summed E-state index contributed by atoms with van der Waals surface area (Å²) in [4.78, 5) is 50.2. The van der Waals surface area contributed by atoms with Gasteiger partial charge in [0.1, 0.15) is 0 Å². The van der Waals surface area contributed by atoms with Gasteiger partial charge >= 0.3 is 15.6 Å². The minimum Gasteiger partial charge on any atom is -0.371 e. The van der Waals surface area contributed by atoms with Crippen molar-refractivity contribution >= 4 is 55.2 Å². The number of phosphoric acid groups is 2. The fraction of sp³-hybridized carbons (Fsp3) is 0.643. The summed E-state index contributed by atoms with van der Waals surface area (Å²) in [5.74, 6) is 0.359. The Hall–Kier alpha value is -0.700. The van der Waals surface area contributed by atoms with E-state index in [4.69, 9.17) is 18.8 Å². The highest BCUT2D eigenvalue weighted by molar-refractivity contribution is 14.1. The molecule has 0 amide bonds. The van der Waals surface area contributed by atoms with Crippen LogP contribution in [0, 0.1) is 15.2 Å². The Bertz CT molecular complexity index is 1070. The van der Waals surface area contributed by atoms with E-state index in [0.29, 0.717) is 33.7 Å². The molecule has 2 aliphatic carbocycles. The van der Waals surface area contributed by atoms with Gasteiger partial charge in [0.05, 0.1) is 19.0 Å². The highest BCUT2D eigenvalue weighted by Crippen LogP contribution is 2.66. The second kappa shape index (κ2) is 7.71. The first-order chi connectivity index (χ1) is 13.9. The van der Waals surface area contributed by atoms with Gasteiger partial charge in [0, 0.05) is 41.1 Å². The Balaban J connectivity index is 1.74. The molecule has 2 aliphatic rings. The van der Waals surface area contributed by atoms with Crippen LogP contribution in [0.4, 0.5) is 5.82 Å². The standard InChI is InChI=1S/C14H20IN5O8P2/c1-16-11-10-12(19-13(15)18-11)20(6-17-10)8-4-9(28-30(24,25)26)14(3-2-7(8)14)5-27-29(21,22)23/h6-9H,2-5H2,1H3,(H,16,18,19)(H2,21,22,23)(H2,24,25,26)/t7-,8+,9+,14+/m1/s1. The van der Waals surface area contributed by atoms with Gasteiger partial charge in [-0.15, -0.1) is 0 Å². The van der Waals surface area contributed by atoms with Crippen LogP contribution in [-0.2, 0) is 18.2 Å². The SMILES string of the molecule is CNc1nc(I)nc2c1ncn2[C@H]1C[C@H](OP(=O)(O)O)[C@]2(COP(=O)(O)O)CC[C@H]12. The van der Waals surface area contributed by atoms with Crippen molar-refractivity contribution in [1.82, 2.24) is 19.5 Å². The van der Waals surface area contributed by atoms with Crippen molar-refractivity contribution in [3.63, 3.8) is 0 Å². The minimum absolute atomic E-state index is 0.191. The zero-order chi connectivity index (χ0) is 21.9. The summed E-state index contributed by atoms with van der Waals surface area (Å²) in [5.41, 5.74) is 0.168. The Morgan fingerprint density at radius 3 is 2.60 bits per heavy atom. The van der Waals surface area contributed by atoms with Crippen molar-refractivity contribution < 1.29 is 37.8 Å². The van der Waals surface area contributed by atoms with Gasteiger partial charge in [0.25, 0.3) is 0 Å². The summed E-state index contributed by atoms with van der Waals surface area (Å²) in [5, 5.41) is 2.97. The van der Waals surface area contributed by atoms with Crippen LogP contribution in [0.2, 0.25) is 0 Å². The molecule has 5 N–H and O–H groups in total. The lowest BCUT2D eigenvalue weighted by Gasteiger charge is -2.48. The second-order valence-electron chi connectivity index (χ2n) is 7.45. The Morgan fingerprint density at radius 2 is 2.03 bits per heavy atom. The van der Waals surface area contributed by atoms with Gasteiger partial charge in [-0.25, -0.2) is 24.1 Å². The predicted molar refractivity (Wildman–Crippen MR) is 111 cm³/mol. The van der Waals surface area contributed by atoms with E-state index in [1.165, 1.54) is 0 Å². The first-order valence-electron chi connectivity index (χ1n) is 8.95. The maximum absolute atomic E-state index is 11.6. The zero-order valence-electron chi connectivity index (χ0n) is 15.6. The summed E-state index contributed by atoms with van der Waals surface area (Å²) >= 11 is 1.99. The molecule has 0 radical (unpaired) electrons. The minimum atomic E-state index is -4.84. The topological polar surface area (TPSA) is 189 Å². The molecule has 0 bridgehead atoms. The van der Waals surface area contributed by atoms with Crippen molar-refractivity contribution in [3.8, 4) is 0 Å². The number of nitrogens with one attached hydrogen (secondary N) is 1. The molecule has 2 saturated carbocycles. The fourth-order valence-electron chi connectivity index (χ4n) is 4.68. The van der Waals surface area contributed by atoms with Crippen molar-refractivity contribution in [3.05, 3.63) is 10.2 Å². The maximum atomic E-state index is 11.6. The smallest absolute Gasteiger partial charge is 0.371 e. The van der Waals surface area contributed by atoms with Crippen LogP contribution in [0.5, 0.6) is 0 Å². The van der Waals surface area contributed by atoms with Gasteiger partial charge in [-0.1, -0.05) is 0 Å². The third-order valence-corrected chi connectivity index (χ3v) is 7.45. The molecule has 4 rings (SSSR count). The van der Waals surface area contributed by atoms with Gasteiger partial charge in [0.2, 0.25) is 0 Å². The molecule has 2 aromatic heterocycles. The maximum Gasteiger partial charge on any atom is 0.469 e. The van der Waals surface area contributed by atoms with Crippen LogP contribution in [0.15, 0.2) is 6.33 Å². The molecule has 0 aliphatic heterocycles. The second-order valence-corrected chi connectivity index (χ2v) is 10.8. The molecule has 2 heterocycles. The van der Waals surface area contributed by atoms with Gasteiger partial charge in [-0.2, -0.15) is 0 Å². The fourth-order valence-corrected chi connectivity index (χ4v) is 6.19. The number of hydrogen-bond acceptors (Lipinski definition) is 8. The molecule has 16 heteroatoms. The van der Waals surface area contributed by atoms with E-state index >= 15 is 0 Å². The van der Waals surface area contributed by atoms with Gasteiger partial charge in [0.15, 0.2) is 20.8 Å². The van der Waals surface area contributed by atoms with E-state index in [9.17, 15) is 18.9 Å². The van der Waals surface area contributed by atoms with E-state index < -0.39 is 27.2 Å². The quantitative estimate of drug-likeness (QED) is 0.182. The largest absolute Gasteiger partial charge is 0.469 e. The van der Waals surface area contributed by atoms with Gasteiger partial charge < -0.3 is 29.5 Å². The molecule has 2 fully saturated rings. The van der Waals surface area contributed by atoms with Crippen molar-refractivity contribution in [2.75, 3.05) is 19.0 Å². The Kier molecular flexibility index (Phi) is 5.78. The van der Waals surface area contributed by atoms with Crippen LogP contribution in [0.1, 0.15) is 25.3 Å². The van der Waals surface area contributed by atoms with E-state index in [-0.39, 0.29) is 25.0 Å². The van der Waals surface area contributed by atoms with Crippen LogP contribution in [-0.4, -0.2) is 58.9 Å². The van der Waals surface area contributed by atoms with E-state index in [2.05, 4.69) is 20.3 Å². The van der Waals surface area contributed by atoms with Crippen LogP contribution in [0.3, 0.4) is 0 Å². The van der Waals surface area contributed by atoms with E-state index in [0.717, 1.165) is 0 Å². The monoisotopic (exact) mass is 575 g/mol. The first-order valence-corrected chi connectivity index (χ1v) is 13.1. The summed E-state index contributed by atoms with van der Waals surface area (Å²) in [6.07, 6.45) is 1.99. The molecule has 13 nitrogen and oxygen atoms in total. The number of hydrogen-bond donors (Lipinski definition) is 5. The molecule has 2 aromatic rings. The average Bonchev–Trinajstić information content (AvgIpc) is 3.08. The van der Waals surface area contributed by atoms with Gasteiger partial charge in [-0.05, 0) is 25.2 Å². The van der Waals surface area contributed by atoms with Crippen LogP contribution < -0.4 is 5.32 Å². The Morgan fingerprint density at radius 1 is 1.30 bits per heavy atom. The summed E-state index contributed by atoms with van der Waals surface area (Å²) < 4.78 is 35.0. The molecule has 166 valence electrons. The molecule has 0 spiro atoms. The lowest BCUT2D eigenvalue weighted by molar-refractivity contribution is -0.0787. The van der Waals surface area contributed by atoms with Crippen LogP contribution >= 0.6 is 38.2 Å². The number of rotatable bonds is 7. The highest BCUT2D eigenvalue weighted by Gasteiger charge is 2.63. The Labute approximate surface area is 184 Å². The number of nitrogens with zero attached hydrogens (tertiary/aromatic N) is 4. The summed E-state index contributed by atoms with van der Waals surface area (Å²) in [6, 6.07) is -0.295. The number of aromatic nitrogens is 4. The zero-order valence-corrected chi connectivity index (χ0v) is 19.6. The van der Waals surface area contributed by atoms with Crippen LogP contribution in [0.25, 0.3) is 11.2 Å². The molecule has 30 heavy (non-hydrogen) atoms. The summed E-state index contributed by atoms with van der Waals surface area (Å²) in [6.45, 7) is -0.371. The molecule has 0 saturated heterocycles. The summed E-state index contributed by atoms with van der Waals surface area (Å²) in [7, 11) is -7.89. The highest BCUT2D eigenvalue weighted by atomic mass is 127. The number of imidazole rings is 1. The molecule has 0 aromatic carbocycles. The first kappa shape index (κ1) is 22.5. The average molecular weight is 575 g/mol. The van der Waals surface area contributed by atoms with Gasteiger partial charge in [-0.3, -0.25) is 9.05 Å². The predicted octanol–water partition coefficient (Wildman–Crippen LogP) is 1.40. The molecular weight excluding hydrogens is 555 g/mol. The third kappa shape index (κ3) is 4.05. The van der Waals surface area contributed by atoms with Crippen molar-refractivity contribution in [2.45, 2.75) is 31.4 Å². The van der Waals surface area contributed by atoms with Crippen molar-refractivity contribution in [1.29, 1.82) is 0 Å². The number of anilines is 1. The molecular formula is C14H20IN5O8P2.